The summed E-state index contributed by atoms with van der Waals surface area (Å²) in [6.45, 7) is 1.46. The van der Waals surface area contributed by atoms with Gasteiger partial charge in [-0.3, -0.25) is 20.4 Å². The highest BCUT2D eigenvalue weighted by Crippen LogP contribution is 2.17. The predicted octanol–water partition coefficient (Wildman–Crippen LogP) is 2.12. The molecule has 0 aliphatic rings. The molecular weight excluding hydrogens is 325 g/mol. The van der Waals surface area contributed by atoms with E-state index in [0.717, 1.165) is 5.69 Å². The van der Waals surface area contributed by atoms with Gasteiger partial charge in [0.25, 0.3) is 11.8 Å². The fraction of sp³-hybridized carbons (Fsp3) is 0.222. The number of hydrogen-bond acceptors (Lipinski definition) is 4. The van der Waals surface area contributed by atoms with E-state index in [1.54, 1.807) is 30.3 Å². The number of nitrogens with one attached hydrogen (secondary N) is 2. The van der Waals surface area contributed by atoms with E-state index in [1.807, 2.05) is 19.0 Å². The molecular formula is C18H20FN3O3. The maximum atomic E-state index is 13.5. The zero-order valence-corrected chi connectivity index (χ0v) is 14.2. The number of amides is 2. The van der Waals surface area contributed by atoms with Crippen LogP contribution in [0, 0.1) is 5.82 Å². The van der Waals surface area contributed by atoms with Gasteiger partial charge in [-0.2, -0.15) is 0 Å². The second-order valence-corrected chi connectivity index (χ2v) is 5.58. The number of para-hydroxylation sites is 1. The Kier molecular flexibility index (Phi) is 5.94. The summed E-state index contributed by atoms with van der Waals surface area (Å²) in [7, 11) is 3.79. The smallest absolute Gasteiger partial charge is 0.279 e. The van der Waals surface area contributed by atoms with Crippen LogP contribution >= 0.6 is 0 Å². The lowest BCUT2D eigenvalue weighted by atomic mass is 10.2. The van der Waals surface area contributed by atoms with E-state index in [2.05, 4.69) is 10.9 Å². The molecule has 0 spiro atoms. The second-order valence-electron chi connectivity index (χ2n) is 5.58. The highest BCUT2D eigenvalue weighted by atomic mass is 19.1. The first-order valence-electron chi connectivity index (χ1n) is 7.67. The Morgan fingerprint density at radius 3 is 2.28 bits per heavy atom. The molecule has 0 bridgehead atoms. The van der Waals surface area contributed by atoms with Crippen molar-refractivity contribution < 1.29 is 18.7 Å². The standard InChI is InChI=1S/C18H20FN3O3/c1-12(25-16-7-5-4-6-15(16)19)17(23)20-21-18(24)13-8-10-14(11-9-13)22(2)3/h4-12H,1-3H3,(H,20,23)(H,21,24). The van der Waals surface area contributed by atoms with Crippen LogP contribution in [0.1, 0.15) is 17.3 Å². The summed E-state index contributed by atoms with van der Waals surface area (Å²) in [5.74, 6) is -1.65. The van der Waals surface area contributed by atoms with E-state index >= 15 is 0 Å². The molecule has 0 radical (unpaired) electrons. The van der Waals surface area contributed by atoms with Crippen LogP contribution in [0.5, 0.6) is 5.75 Å². The first-order chi connectivity index (χ1) is 11.9. The SMILES string of the molecule is CC(Oc1ccccc1F)C(=O)NNC(=O)c1ccc(N(C)C)cc1. The van der Waals surface area contributed by atoms with Crippen molar-refractivity contribution in [2.24, 2.45) is 0 Å². The third kappa shape index (κ3) is 4.94. The Bertz CT molecular complexity index is 747. The number of hydrazine groups is 1. The molecule has 25 heavy (non-hydrogen) atoms. The molecule has 1 unspecified atom stereocenters. The molecule has 0 saturated carbocycles. The highest BCUT2D eigenvalue weighted by molar-refractivity contribution is 5.96. The molecule has 132 valence electrons. The van der Waals surface area contributed by atoms with Gasteiger partial charge in [-0.15, -0.1) is 0 Å². The van der Waals surface area contributed by atoms with E-state index in [0.29, 0.717) is 5.56 Å². The Morgan fingerprint density at radius 2 is 1.68 bits per heavy atom. The number of carbonyl (C=O) groups excluding carboxylic acids is 2. The molecule has 2 amide bonds. The second kappa shape index (κ2) is 8.14. The van der Waals surface area contributed by atoms with Crippen LogP contribution in [-0.2, 0) is 4.79 Å². The summed E-state index contributed by atoms with van der Waals surface area (Å²) in [6, 6.07) is 12.7. The van der Waals surface area contributed by atoms with Gasteiger partial charge in [0.05, 0.1) is 0 Å². The van der Waals surface area contributed by atoms with Crippen molar-refractivity contribution in [3.8, 4) is 5.75 Å². The minimum Gasteiger partial charge on any atom is -0.478 e. The molecule has 2 aromatic carbocycles. The lowest BCUT2D eigenvalue weighted by molar-refractivity contribution is -0.128. The molecule has 2 N–H and O–H groups in total. The Labute approximate surface area is 145 Å². The fourth-order valence-corrected chi connectivity index (χ4v) is 1.99. The molecule has 0 aromatic heterocycles. The van der Waals surface area contributed by atoms with Crippen molar-refractivity contribution in [2.75, 3.05) is 19.0 Å². The van der Waals surface area contributed by atoms with Crippen molar-refractivity contribution in [1.82, 2.24) is 10.9 Å². The summed E-state index contributed by atoms with van der Waals surface area (Å²) >= 11 is 0. The monoisotopic (exact) mass is 345 g/mol. The number of hydrogen-bond donors (Lipinski definition) is 2. The Balaban J connectivity index is 1.88. The van der Waals surface area contributed by atoms with E-state index in [-0.39, 0.29) is 5.75 Å². The molecule has 7 heteroatoms. The van der Waals surface area contributed by atoms with Crippen LogP contribution in [0.3, 0.4) is 0 Å². The molecule has 0 aliphatic heterocycles. The number of carbonyl (C=O) groups is 2. The van der Waals surface area contributed by atoms with Gasteiger partial charge < -0.3 is 9.64 Å². The van der Waals surface area contributed by atoms with Crippen LogP contribution < -0.4 is 20.5 Å². The van der Waals surface area contributed by atoms with Crippen LogP contribution in [0.15, 0.2) is 48.5 Å². The average molecular weight is 345 g/mol. The first-order valence-corrected chi connectivity index (χ1v) is 7.67. The van der Waals surface area contributed by atoms with E-state index in [4.69, 9.17) is 4.74 Å². The van der Waals surface area contributed by atoms with Crippen molar-refractivity contribution >= 4 is 17.5 Å². The number of nitrogens with zero attached hydrogens (tertiary/aromatic N) is 1. The van der Waals surface area contributed by atoms with Gasteiger partial charge in [0.2, 0.25) is 0 Å². The maximum absolute atomic E-state index is 13.5. The van der Waals surface area contributed by atoms with Gasteiger partial charge in [0.1, 0.15) is 0 Å². The third-order valence-electron chi connectivity index (χ3n) is 3.45. The largest absolute Gasteiger partial charge is 0.478 e. The van der Waals surface area contributed by atoms with Gasteiger partial charge in [-0.05, 0) is 43.3 Å². The zero-order chi connectivity index (χ0) is 18.4. The van der Waals surface area contributed by atoms with Crippen molar-refractivity contribution in [3.05, 3.63) is 59.9 Å². The number of anilines is 1. The molecule has 6 nitrogen and oxygen atoms in total. The Morgan fingerprint density at radius 1 is 1.04 bits per heavy atom. The minimum absolute atomic E-state index is 0.0317. The quantitative estimate of drug-likeness (QED) is 0.815. The van der Waals surface area contributed by atoms with E-state index in [1.165, 1.54) is 25.1 Å². The molecule has 0 aliphatic carbocycles. The Hall–Kier alpha value is -3.09. The lowest BCUT2D eigenvalue weighted by Crippen LogP contribution is -2.47. The topological polar surface area (TPSA) is 70.7 Å². The van der Waals surface area contributed by atoms with Gasteiger partial charge in [-0.25, -0.2) is 4.39 Å². The lowest BCUT2D eigenvalue weighted by Gasteiger charge is -2.16. The zero-order valence-electron chi connectivity index (χ0n) is 14.2. The molecule has 2 rings (SSSR count). The summed E-state index contributed by atoms with van der Waals surface area (Å²) in [4.78, 5) is 25.9. The van der Waals surface area contributed by atoms with Crippen molar-refractivity contribution in [2.45, 2.75) is 13.0 Å². The fourth-order valence-electron chi connectivity index (χ4n) is 1.99. The van der Waals surface area contributed by atoms with Gasteiger partial charge in [-0.1, -0.05) is 12.1 Å². The summed E-state index contributed by atoms with van der Waals surface area (Å²) in [5, 5.41) is 0. The van der Waals surface area contributed by atoms with Crippen molar-refractivity contribution in [1.29, 1.82) is 0 Å². The number of rotatable bonds is 5. The maximum Gasteiger partial charge on any atom is 0.279 e. The number of halogens is 1. The van der Waals surface area contributed by atoms with Crippen LogP contribution in [-0.4, -0.2) is 32.0 Å². The average Bonchev–Trinajstić information content (AvgIpc) is 2.61. The van der Waals surface area contributed by atoms with E-state index < -0.39 is 23.7 Å². The van der Waals surface area contributed by atoms with Crippen LogP contribution in [0.25, 0.3) is 0 Å². The first kappa shape index (κ1) is 18.3. The van der Waals surface area contributed by atoms with Gasteiger partial charge in [0, 0.05) is 25.3 Å². The van der Waals surface area contributed by atoms with Crippen LogP contribution in [0.2, 0.25) is 0 Å². The third-order valence-corrected chi connectivity index (χ3v) is 3.45. The minimum atomic E-state index is -0.978. The molecule has 0 heterocycles. The van der Waals surface area contributed by atoms with E-state index in [9.17, 15) is 14.0 Å². The molecule has 1 atom stereocenters. The van der Waals surface area contributed by atoms with Crippen molar-refractivity contribution in [3.63, 3.8) is 0 Å². The van der Waals surface area contributed by atoms with Gasteiger partial charge in [0.15, 0.2) is 17.7 Å². The highest BCUT2D eigenvalue weighted by Gasteiger charge is 2.17. The predicted molar refractivity (Wildman–Crippen MR) is 92.9 cm³/mol. The number of benzene rings is 2. The summed E-state index contributed by atoms with van der Waals surface area (Å²) < 4.78 is 18.8. The molecule has 0 saturated heterocycles. The van der Waals surface area contributed by atoms with Gasteiger partial charge >= 0.3 is 0 Å². The normalized spacial score (nSPS) is 11.4. The summed E-state index contributed by atoms with van der Waals surface area (Å²) in [5.41, 5.74) is 5.91. The number of ether oxygens (including phenoxy) is 1. The molecule has 2 aromatic rings. The van der Waals surface area contributed by atoms with Crippen LogP contribution in [0.4, 0.5) is 10.1 Å². The summed E-state index contributed by atoms with van der Waals surface area (Å²) in [6.07, 6.45) is -0.978. The molecule has 0 fully saturated rings.